The maximum absolute atomic E-state index is 13.4. The molecular formula is C22H19ClO4S2. The summed E-state index contributed by atoms with van der Waals surface area (Å²) in [4.78, 5) is 28.0. The minimum atomic E-state index is -3.34. The molecule has 4 nitrogen and oxygen atoms in total. The molecule has 0 amide bonds. The summed E-state index contributed by atoms with van der Waals surface area (Å²) in [5, 5.41) is 0.152. The maximum atomic E-state index is 13.4. The Kier molecular flexibility index (Phi) is 5.44. The number of hydrogen-bond donors (Lipinski definition) is 0. The second-order valence-corrected chi connectivity index (χ2v) is 10.8. The second-order valence-electron chi connectivity index (χ2n) is 7.24. The normalized spacial score (nSPS) is 18.1. The van der Waals surface area contributed by atoms with Gasteiger partial charge in [-0.05, 0) is 55.5 Å². The number of sulfone groups is 1. The molecule has 0 N–H and O–H groups in total. The van der Waals surface area contributed by atoms with Crippen LogP contribution in [0.25, 0.3) is 0 Å². The highest BCUT2D eigenvalue weighted by Gasteiger charge is 2.33. The SMILES string of the molecule is Cc1ccccc1SC1=C(C(=O)c2ccc3c(c2Cl)CCS3(=O)=O)C(=O)CCC1. The van der Waals surface area contributed by atoms with Crippen molar-refractivity contribution in [3.8, 4) is 0 Å². The molecule has 0 bridgehead atoms. The first-order valence-corrected chi connectivity index (χ1v) is 12.2. The summed E-state index contributed by atoms with van der Waals surface area (Å²) in [5.41, 5.74) is 1.95. The first-order valence-electron chi connectivity index (χ1n) is 9.38. The van der Waals surface area contributed by atoms with Crippen molar-refractivity contribution in [2.75, 3.05) is 5.75 Å². The number of Topliss-reactive ketones (excluding diaryl/α,β-unsaturated/α-hetero) is 2. The van der Waals surface area contributed by atoms with Crippen LogP contribution in [0.2, 0.25) is 5.02 Å². The van der Waals surface area contributed by atoms with Gasteiger partial charge in [-0.1, -0.05) is 41.6 Å². The number of carbonyl (C=O) groups is 2. The Bertz CT molecular complexity index is 1180. The summed E-state index contributed by atoms with van der Waals surface area (Å²) in [7, 11) is -3.34. The lowest BCUT2D eigenvalue weighted by molar-refractivity contribution is -0.115. The molecule has 1 aliphatic heterocycles. The third-order valence-corrected chi connectivity index (χ3v) is 8.88. The second kappa shape index (κ2) is 7.74. The molecule has 1 heterocycles. The molecule has 4 rings (SSSR count). The van der Waals surface area contributed by atoms with Gasteiger partial charge in [0.2, 0.25) is 0 Å². The minimum absolute atomic E-state index is 0.00426. The van der Waals surface area contributed by atoms with Crippen LogP contribution in [0, 0.1) is 6.92 Å². The maximum Gasteiger partial charge on any atom is 0.198 e. The number of allylic oxidation sites excluding steroid dienone is 2. The van der Waals surface area contributed by atoms with Gasteiger partial charge in [0.25, 0.3) is 0 Å². The van der Waals surface area contributed by atoms with Crippen molar-refractivity contribution in [1.29, 1.82) is 0 Å². The molecule has 2 aliphatic rings. The Labute approximate surface area is 179 Å². The van der Waals surface area contributed by atoms with Gasteiger partial charge >= 0.3 is 0 Å². The van der Waals surface area contributed by atoms with Crippen molar-refractivity contribution in [1.82, 2.24) is 0 Å². The number of carbonyl (C=O) groups excluding carboxylic acids is 2. The predicted molar refractivity (Wildman–Crippen MR) is 114 cm³/mol. The molecule has 0 saturated heterocycles. The zero-order valence-corrected chi connectivity index (χ0v) is 18.2. The molecule has 0 aromatic heterocycles. The zero-order valence-electron chi connectivity index (χ0n) is 15.8. The van der Waals surface area contributed by atoms with Gasteiger partial charge in [-0.3, -0.25) is 9.59 Å². The Hall–Kier alpha value is -1.89. The number of thioether (sulfide) groups is 1. The van der Waals surface area contributed by atoms with E-state index in [1.807, 2.05) is 31.2 Å². The fraction of sp³-hybridized carbons (Fsp3) is 0.273. The topological polar surface area (TPSA) is 68.3 Å². The van der Waals surface area contributed by atoms with E-state index < -0.39 is 15.6 Å². The molecule has 1 aliphatic carbocycles. The molecule has 0 fully saturated rings. The summed E-state index contributed by atoms with van der Waals surface area (Å²) in [5.74, 6) is -0.597. The minimum Gasteiger partial charge on any atom is -0.294 e. The van der Waals surface area contributed by atoms with Crippen LogP contribution < -0.4 is 0 Å². The zero-order chi connectivity index (χ0) is 20.8. The first kappa shape index (κ1) is 20.4. The lowest BCUT2D eigenvalue weighted by Crippen LogP contribution is -2.19. The van der Waals surface area contributed by atoms with Gasteiger partial charge in [-0.25, -0.2) is 8.42 Å². The lowest BCUT2D eigenvalue weighted by atomic mass is 9.91. The number of hydrogen-bond acceptors (Lipinski definition) is 5. The average molecular weight is 447 g/mol. The summed E-state index contributed by atoms with van der Waals surface area (Å²) in [6, 6.07) is 10.7. The van der Waals surface area contributed by atoms with E-state index in [4.69, 9.17) is 11.6 Å². The average Bonchev–Trinajstić information content (AvgIpc) is 2.99. The smallest absolute Gasteiger partial charge is 0.198 e. The predicted octanol–water partition coefficient (Wildman–Crippen LogP) is 4.96. The summed E-state index contributed by atoms with van der Waals surface area (Å²) >= 11 is 7.91. The van der Waals surface area contributed by atoms with Gasteiger partial charge in [0.1, 0.15) is 0 Å². The van der Waals surface area contributed by atoms with E-state index in [0.29, 0.717) is 24.8 Å². The molecule has 150 valence electrons. The van der Waals surface area contributed by atoms with Gasteiger partial charge in [0, 0.05) is 21.8 Å². The quantitative estimate of drug-likeness (QED) is 0.490. The third kappa shape index (κ3) is 3.69. The van der Waals surface area contributed by atoms with Gasteiger partial charge in [-0.2, -0.15) is 0 Å². The van der Waals surface area contributed by atoms with Crippen molar-refractivity contribution < 1.29 is 18.0 Å². The Morgan fingerprint density at radius 1 is 1.07 bits per heavy atom. The number of aryl methyl sites for hydroxylation is 1. The number of ketones is 2. The van der Waals surface area contributed by atoms with Gasteiger partial charge < -0.3 is 0 Å². The van der Waals surface area contributed by atoms with Crippen LogP contribution in [0.3, 0.4) is 0 Å². The first-order chi connectivity index (χ1) is 13.8. The third-order valence-electron chi connectivity index (χ3n) is 5.32. The molecule has 0 saturated carbocycles. The van der Waals surface area contributed by atoms with Crippen molar-refractivity contribution in [2.24, 2.45) is 0 Å². The summed E-state index contributed by atoms with van der Waals surface area (Å²) in [6.07, 6.45) is 1.98. The van der Waals surface area contributed by atoms with Crippen LogP contribution in [-0.4, -0.2) is 25.7 Å². The highest BCUT2D eigenvalue weighted by atomic mass is 35.5. The molecule has 2 aromatic carbocycles. The van der Waals surface area contributed by atoms with E-state index in [1.54, 1.807) is 0 Å². The summed E-state index contributed by atoms with van der Waals surface area (Å²) in [6.45, 7) is 1.99. The fourth-order valence-corrected chi connectivity index (χ4v) is 6.90. The van der Waals surface area contributed by atoms with Gasteiger partial charge in [0.05, 0.1) is 21.2 Å². The largest absolute Gasteiger partial charge is 0.294 e. The van der Waals surface area contributed by atoms with Crippen LogP contribution in [0.4, 0.5) is 0 Å². The van der Waals surface area contributed by atoms with E-state index in [-0.39, 0.29) is 39.0 Å². The van der Waals surface area contributed by atoms with Crippen molar-refractivity contribution in [2.45, 2.75) is 42.4 Å². The molecule has 7 heteroatoms. The van der Waals surface area contributed by atoms with E-state index in [1.165, 1.54) is 23.9 Å². The van der Waals surface area contributed by atoms with Gasteiger partial charge in [0.15, 0.2) is 21.4 Å². The van der Waals surface area contributed by atoms with E-state index in [9.17, 15) is 18.0 Å². The molecule has 0 radical (unpaired) electrons. The highest BCUT2D eigenvalue weighted by Crippen LogP contribution is 2.40. The molecule has 0 atom stereocenters. The highest BCUT2D eigenvalue weighted by molar-refractivity contribution is 8.03. The van der Waals surface area contributed by atoms with E-state index in [0.717, 1.165) is 15.4 Å². The fourth-order valence-electron chi connectivity index (χ4n) is 3.76. The van der Waals surface area contributed by atoms with Crippen molar-refractivity contribution in [3.05, 3.63) is 68.6 Å². The monoisotopic (exact) mass is 446 g/mol. The molecule has 0 spiro atoms. The number of halogens is 1. The molecule has 2 aromatic rings. The molecule has 29 heavy (non-hydrogen) atoms. The number of fused-ring (bicyclic) bond motifs is 1. The standard InChI is InChI=1S/C22H19ClO4S2/c1-13-5-2-3-7-17(13)28-18-8-4-6-16(24)20(18)22(25)15-9-10-19-14(21(15)23)11-12-29(19,26)27/h2-3,5,7,9-10H,4,6,8,11-12H2,1H3. The molecular weight excluding hydrogens is 428 g/mol. The van der Waals surface area contributed by atoms with E-state index >= 15 is 0 Å². The van der Waals surface area contributed by atoms with Crippen molar-refractivity contribution in [3.63, 3.8) is 0 Å². The van der Waals surface area contributed by atoms with E-state index in [2.05, 4.69) is 0 Å². The van der Waals surface area contributed by atoms with Gasteiger partial charge in [-0.15, -0.1) is 0 Å². The Balaban J connectivity index is 1.79. The van der Waals surface area contributed by atoms with Crippen LogP contribution in [0.15, 0.2) is 56.7 Å². The Morgan fingerprint density at radius 3 is 2.59 bits per heavy atom. The van der Waals surface area contributed by atoms with Crippen LogP contribution in [0.5, 0.6) is 0 Å². The van der Waals surface area contributed by atoms with Crippen molar-refractivity contribution >= 4 is 44.8 Å². The number of benzene rings is 2. The lowest BCUT2D eigenvalue weighted by Gasteiger charge is -2.19. The van der Waals surface area contributed by atoms with Crippen LogP contribution in [0.1, 0.15) is 40.7 Å². The van der Waals surface area contributed by atoms with Crippen LogP contribution in [-0.2, 0) is 21.1 Å². The number of rotatable bonds is 4. The van der Waals surface area contributed by atoms with Crippen LogP contribution >= 0.6 is 23.4 Å². The molecule has 0 unspecified atom stereocenters. The Morgan fingerprint density at radius 2 is 1.83 bits per heavy atom. The summed E-state index contributed by atoms with van der Waals surface area (Å²) < 4.78 is 24.2.